The molecule has 0 atom stereocenters. The number of aryl methyl sites for hydroxylation is 8. The Morgan fingerprint density at radius 3 is 1.33 bits per heavy atom. The zero-order chi connectivity index (χ0) is 61.5. The van der Waals surface area contributed by atoms with Gasteiger partial charge in [-0.3, -0.25) is 14.4 Å². The topological polar surface area (TPSA) is 190 Å². The lowest BCUT2D eigenvalue weighted by Crippen LogP contribution is -2.14. The molecule has 15 heteroatoms. The van der Waals surface area contributed by atoms with Gasteiger partial charge in [0, 0.05) is 68.8 Å². The number of aliphatic carboxylic acids is 1. The number of hydrogen-bond donors (Lipinski definition) is 1. The van der Waals surface area contributed by atoms with Crippen LogP contribution in [0.1, 0.15) is 124 Å². The Kier molecular flexibility index (Phi) is 20.3. The molecule has 0 aliphatic carbocycles. The minimum atomic E-state index is -0.940. The van der Waals surface area contributed by atoms with Crippen molar-refractivity contribution < 1.29 is 47.0 Å². The van der Waals surface area contributed by atoms with Gasteiger partial charge in [-0.1, -0.05) is 98.1 Å². The van der Waals surface area contributed by atoms with E-state index in [-0.39, 0.29) is 42.7 Å². The summed E-state index contributed by atoms with van der Waals surface area (Å²) in [6.45, 7) is 25.8. The van der Waals surface area contributed by atoms with Crippen molar-refractivity contribution in [1.29, 1.82) is 0 Å². The predicted octanol–water partition coefficient (Wildman–Crippen LogP) is 15.5. The number of benzene rings is 6. The normalized spacial score (nSPS) is 11.2. The van der Waals surface area contributed by atoms with E-state index in [4.69, 9.17) is 55.8 Å². The van der Waals surface area contributed by atoms with Crippen LogP contribution in [0.15, 0.2) is 125 Å². The van der Waals surface area contributed by atoms with Gasteiger partial charge in [0.05, 0.1) is 10.0 Å². The lowest BCUT2D eigenvalue weighted by Gasteiger charge is -2.19. The van der Waals surface area contributed by atoms with Crippen LogP contribution in [0, 0.1) is 55.4 Å². The van der Waals surface area contributed by atoms with Gasteiger partial charge in [-0.05, 0) is 174 Å². The fourth-order valence-electron chi connectivity index (χ4n) is 9.77. The fraction of sp³-hybridized carbons (Fsp3) is 0.304. The van der Waals surface area contributed by atoms with Gasteiger partial charge < -0.3 is 32.6 Å². The van der Waals surface area contributed by atoms with Gasteiger partial charge in [0.1, 0.15) is 65.4 Å². The average Bonchev–Trinajstić information content (AvgIpc) is 2.74. The maximum absolute atomic E-state index is 12.4. The summed E-state index contributed by atoms with van der Waals surface area (Å²) in [7, 11) is 0. The first-order valence-electron chi connectivity index (χ1n) is 27.5. The summed E-state index contributed by atoms with van der Waals surface area (Å²) in [6.07, 6.45) is 0.210. The fourth-order valence-corrected chi connectivity index (χ4v) is 10.1. The van der Waals surface area contributed by atoms with Crippen LogP contribution in [0.3, 0.4) is 0 Å². The molecule has 0 spiro atoms. The number of hydrogen-bond acceptors (Lipinski definition) is 12. The molecule has 84 heavy (non-hydrogen) atoms. The summed E-state index contributed by atoms with van der Waals surface area (Å²) < 4.78 is 34.5. The molecule has 0 saturated heterocycles. The Labute approximate surface area is 498 Å². The second-order valence-corrected chi connectivity index (χ2v) is 23.1. The second-order valence-electron chi connectivity index (χ2n) is 22.3. The first-order chi connectivity index (χ1) is 39.6. The number of rotatable bonds is 16. The zero-order valence-electron chi connectivity index (χ0n) is 49.8. The molecule has 0 amide bonds. The Bertz CT molecular complexity index is 4180. The summed E-state index contributed by atoms with van der Waals surface area (Å²) in [5.74, 6) is 0.867. The number of ether oxygens (including phenoxy) is 3. The van der Waals surface area contributed by atoms with Gasteiger partial charge in [-0.15, -0.1) is 0 Å². The lowest BCUT2D eigenvalue weighted by molar-refractivity contribution is -0.137. The van der Waals surface area contributed by atoms with Gasteiger partial charge >= 0.3 is 22.8 Å². The van der Waals surface area contributed by atoms with E-state index in [0.717, 1.165) is 71.8 Å². The van der Waals surface area contributed by atoms with Crippen molar-refractivity contribution in [2.24, 2.45) is 0 Å². The second kappa shape index (κ2) is 27.0. The molecule has 0 bridgehead atoms. The van der Waals surface area contributed by atoms with E-state index in [1.807, 2.05) is 97.9 Å². The number of carbonyl (C=O) groups excluding carboxylic acids is 2. The number of Topliss-reactive ketones (excluding diaryl/α,β-unsaturated/α-hetero) is 2. The standard InChI is InChI=1S/C25H28O4.C23H24O5.C21H18Cl2O4/c1-15(26)13-21-16(2)20-11-12-22(17(3)23(20)29-24(21)27)28-14-18-7-9-19(10-8-18)25(4,5)6;1-13-5-6-14(2)17(11-13)12-27-20-9-7-18-15(3)19(8-10-21(24)25)23(26)28-22(18)16(20)4;1-11(24)8-16-12(2)15-5-7-19(13(3)20(15)27-21(16)25)26-10-14-4-6-17(22)18(23)9-14/h7-12H,13-14H2,1-6H3;5-7,9,11H,8,10,12H2,1-4H3,(H,24,25);4-7,9H,8,10H2,1-3H3. The Balaban J connectivity index is 0.000000181. The number of carboxylic acid groups (broad SMARTS) is 1. The van der Waals surface area contributed by atoms with Crippen LogP contribution in [0.2, 0.25) is 10.0 Å². The molecule has 9 aromatic rings. The summed E-state index contributed by atoms with van der Waals surface area (Å²) in [5.41, 5.74) is 12.7. The van der Waals surface area contributed by atoms with Crippen molar-refractivity contribution in [3.8, 4) is 17.2 Å². The van der Waals surface area contributed by atoms with Gasteiger partial charge in [0.2, 0.25) is 0 Å². The van der Waals surface area contributed by atoms with E-state index in [2.05, 4.69) is 63.2 Å². The van der Waals surface area contributed by atoms with E-state index in [1.165, 1.54) is 25.0 Å². The first-order valence-corrected chi connectivity index (χ1v) is 28.2. The highest BCUT2D eigenvalue weighted by atomic mass is 35.5. The first kappa shape index (κ1) is 63.3. The summed E-state index contributed by atoms with van der Waals surface area (Å²) in [4.78, 5) is 70.8. The molecule has 9 rings (SSSR count). The highest BCUT2D eigenvalue weighted by molar-refractivity contribution is 6.42. The number of halogens is 2. The summed E-state index contributed by atoms with van der Waals surface area (Å²) in [6, 6.07) is 31.2. The van der Waals surface area contributed by atoms with Crippen molar-refractivity contribution in [1.82, 2.24) is 0 Å². The van der Waals surface area contributed by atoms with Crippen LogP contribution in [0.25, 0.3) is 32.9 Å². The third-order valence-electron chi connectivity index (χ3n) is 14.9. The third kappa shape index (κ3) is 15.1. The molecule has 3 heterocycles. The maximum atomic E-state index is 12.4. The van der Waals surface area contributed by atoms with Crippen molar-refractivity contribution in [2.45, 2.75) is 141 Å². The van der Waals surface area contributed by atoms with Crippen LogP contribution < -0.4 is 31.1 Å². The van der Waals surface area contributed by atoms with Crippen LogP contribution in [-0.2, 0) is 58.9 Å². The van der Waals surface area contributed by atoms with Gasteiger partial charge in [0.15, 0.2) is 0 Å². The molecule has 0 saturated carbocycles. The van der Waals surface area contributed by atoms with E-state index < -0.39 is 22.8 Å². The van der Waals surface area contributed by atoms with Crippen molar-refractivity contribution in [3.63, 3.8) is 0 Å². The number of carbonyl (C=O) groups is 3. The quantitative estimate of drug-likeness (QED) is 0.0900. The molecular weight excluding hydrogens is 1110 g/mol. The van der Waals surface area contributed by atoms with Crippen molar-refractivity contribution >= 4 is 73.6 Å². The molecule has 0 aliphatic heterocycles. The molecule has 6 aromatic carbocycles. The Morgan fingerprint density at radius 2 is 0.905 bits per heavy atom. The molecule has 0 radical (unpaired) electrons. The van der Waals surface area contributed by atoms with E-state index >= 15 is 0 Å². The highest BCUT2D eigenvalue weighted by Gasteiger charge is 2.21. The van der Waals surface area contributed by atoms with Crippen molar-refractivity contribution in [2.75, 3.05) is 0 Å². The summed E-state index contributed by atoms with van der Waals surface area (Å²) in [5, 5.41) is 12.3. The number of fused-ring (bicyclic) bond motifs is 3. The third-order valence-corrected chi connectivity index (χ3v) is 15.6. The molecule has 0 fully saturated rings. The van der Waals surface area contributed by atoms with Gasteiger partial charge in [-0.25, -0.2) is 14.4 Å². The lowest BCUT2D eigenvalue weighted by atomic mass is 9.87. The van der Waals surface area contributed by atoms with E-state index in [1.54, 1.807) is 12.1 Å². The minimum Gasteiger partial charge on any atom is -0.488 e. The monoisotopic (exact) mass is 1180 g/mol. The molecule has 13 nitrogen and oxygen atoms in total. The molecule has 0 aliphatic rings. The molecule has 0 unspecified atom stereocenters. The predicted molar refractivity (Wildman–Crippen MR) is 331 cm³/mol. The molecule has 1 N–H and O–H groups in total. The van der Waals surface area contributed by atoms with Crippen LogP contribution in [-0.4, -0.2) is 22.6 Å². The number of ketones is 2. The minimum absolute atomic E-state index is 0.0612. The smallest absolute Gasteiger partial charge is 0.340 e. The molecule has 438 valence electrons. The largest absolute Gasteiger partial charge is 0.488 e. The molecular formula is C69H70Cl2O13. The summed E-state index contributed by atoms with van der Waals surface area (Å²) >= 11 is 12.0. The number of carboxylic acids is 1. The SMILES string of the molecule is CC(=O)Cc1c(C)c2ccc(OCc3ccc(C(C)(C)C)cc3)c(C)c2oc1=O.CC(=O)Cc1c(C)c2ccc(OCc3ccc(Cl)c(Cl)c3)c(C)c2oc1=O.Cc1ccc(C)c(COc2ccc3c(C)c(CCC(=O)O)c(=O)oc3c2C)c1. The van der Waals surface area contributed by atoms with Gasteiger partial charge in [0.25, 0.3) is 0 Å². The van der Waals surface area contributed by atoms with E-state index in [0.29, 0.717) is 80.6 Å². The van der Waals surface area contributed by atoms with Crippen LogP contribution in [0.4, 0.5) is 0 Å². The van der Waals surface area contributed by atoms with Crippen LogP contribution in [0.5, 0.6) is 17.2 Å². The Hall–Kier alpha value is -8.26. The average molecular weight is 1180 g/mol. The molecule has 3 aromatic heterocycles. The van der Waals surface area contributed by atoms with Crippen LogP contribution >= 0.6 is 23.2 Å². The van der Waals surface area contributed by atoms with E-state index in [9.17, 15) is 28.8 Å². The van der Waals surface area contributed by atoms with Gasteiger partial charge in [-0.2, -0.15) is 0 Å². The highest BCUT2D eigenvalue weighted by Crippen LogP contribution is 2.34. The zero-order valence-corrected chi connectivity index (χ0v) is 51.3. The Morgan fingerprint density at radius 1 is 0.488 bits per heavy atom. The maximum Gasteiger partial charge on any atom is 0.340 e. The van der Waals surface area contributed by atoms with Crippen molar-refractivity contribution in [3.05, 3.63) is 222 Å².